The molecule has 0 fully saturated rings. The van der Waals surface area contributed by atoms with Gasteiger partial charge in [0, 0.05) is 22.8 Å². The molecular weight excluding hydrogens is 367 g/mol. The summed E-state index contributed by atoms with van der Waals surface area (Å²) in [6, 6.07) is 13.5. The third-order valence-electron chi connectivity index (χ3n) is 3.97. The zero-order chi connectivity index (χ0) is 18.8. The van der Waals surface area contributed by atoms with Crippen LogP contribution in [0.15, 0.2) is 64.4 Å². The number of hydrogen-bond donors (Lipinski definition) is 2. The molecule has 2 heterocycles. The summed E-state index contributed by atoms with van der Waals surface area (Å²) in [5, 5.41) is 11.5. The van der Waals surface area contributed by atoms with E-state index < -0.39 is 11.1 Å². The lowest BCUT2D eigenvalue weighted by Gasteiger charge is -2.09. The van der Waals surface area contributed by atoms with E-state index in [1.54, 1.807) is 13.0 Å². The van der Waals surface area contributed by atoms with Gasteiger partial charge in [-0.05, 0) is 31.2 Å². The number of thioether (sulfide) groups is 1. The maximum absolute atomic E-state index is 13.2. The fourth-order valence-corrected chi connectivity index (χ4v) is 3.31. The van der Waals surface area contributed by atoms with E-state index in [9.17, 15) is 9.18 Å². The highest BCUT2D eigenvalue weighted by atomic mass is 32.2. The number of benzene rings is 2. The molecule has 1 amide bonds. The van der Waals surface area contributed by atoms with Crippen LogP contribution in [-0.2, 0) is 4.79 Å². The maximum Gasteiger partial charge on any atom is 0.277 e. The van der Waals surface area contributed by atoms with Crippen molar-refractivity contribution in [2.45, 2.75) is 17.4 Å². The number of fused-ring (bicyclic) bond motifs is 1. The smallest absolute Gasteiger partial charge is 0.277 e. The van der Waals surface area contributed by atoms with E-state index >= 15 is 0 Å². The Morgan fingerprint density at radius 3 is 2.93 bits per heavy atom. The van der Waals surface area contributed by atoms with Gasteiger partial charge in [-0.2, -0.15) is 0 Å². The normalized spacial score (nSPS) is 12.2. The topological polar surface area (TPSA) is 83.8 Å². The molecule has 136 valence electrons. The molecule has 8 heteroatoms. The van der Waals surface area contributed by atoms with Gasteiger partial charge < -0.3 is 14.7 Å². The fourth-order valence-electron chi connectivity index (χ4n) is 2.63. The van der Waals surface area contributed by atoms with Crippen molar-refractivity contribution >= 4 is 34.3 Å². The molecule has 1 atom stereocenters. The molecule has 2 aromatic heterocycles. The van der Waals surface area contributed by atoms with Crippen molar-refractivity contribution in [3.63, 3.8) is 0 Å². The predicted octanol–water partition coefficient (Wildman–Crippen LogP) is 4.48. The molecule has 4 rings (SSSR count). The van der Waals surface area contributed by atoms with Crippen molar-refractivity contribution in [1.29, 1.82) is 0 Å². The second kappa shape index (κ2) is 7.24. The van der Waals surface area contributed by atoms with Gasteiger partial charge in [-0.25, -0.2) is 4.39 Å². The molecule has 27 heavy (non-hydrogen) atoms. The van der Waals surface area contributed by atoms with Crippen LogP contribution in [0, 0.1) is 5.82 Å². The van der Waals surface area contributed by atoms with Gasteiger partial charge in [0.25, 0.3) is 11.1 Å². The van der Waals surface area contributed by atoms with Crippen LogP contribution < -0.4 is 5.32 Å². The van der Waals surface area contributed by atoms with Gasteiger partial charge in [0.1, 0.15) is 5.82 Å². The molecule has 0 saturated carbocycles. The Kier molecular flexibility index (Phi) is 4.64. The lowest BCUT2D eigenvalue weighted by Crippen LogP contribution is -2.22. The van der Waals surface area contributed by atoms with Crippen LogP contribution in [0.4, 0.5) is 10.1 Å². The summed E-state index contributed by atoms with van der Waals surface area (Å²) in [6.07, 6.45) is 1.81. The van der Waals surface area contributed by atoms with Crippen molar-refractivity contribution in [2.75, 3.05) is 5.32 Å². The fraction of sp³-hybridized carbons (Fsp3) is 0.105. The monoisotopic (exact) mass is 382 g/mol. The lowest BCUT2D eigenvalue weighted by atomic mass is 10.2. The van der Waals surface area contributed by atoms with Crippen LogP contribution in [0.5, 0.6) is 0 Å². The highest BCUT2D eigenvalue weighted by Crippen LogP contribution is 2.30. The Labute approximate surface area is 158 Å². The molecule has 0 saturated heterocycles. The summed E-state index contributed by atoms with van der Waals surface area (Å²) in [5.74, 6) is -0.307. The number of aromatic amines is 1. The second-order valence-corrected chi connectivity index (χ2v) is 7.17. The molecule has 0 aliphatic carbocycles. The van der Waals surface area contributed by atoms with E-state index in [0.717, 1.165) is 28.2 Å². The quantitative estimate of drug-likeness (QED) is 0.497. The minimum Gasteiger partial charge on any atom is -0.411 e. The Hall–Kier alpha value is -3.13. The van der Waals surface area contributed by atoms with E-state index in [0.29, 0.717) is 11.6 Å². The molecule has 4 aromatic rings. The maximum atomic E-state index is 13.2. The van der Waals surface area contributed by atoms with Gasteiger partial charge in [-0.3, -0.25) is 4.79 Å². The third kappa shape index (κ3) is 3.70. The minimum atomic E-state index is -0.496. The van der Waals surface area contributed by atoms with Crippen LogP contribution in [0.3, 0.4) is 0 Å². The number of amides is 1. The molecule has 0 spiro atoms. The van der Waals surface area contributed by atoms with E-state index in [1.807, 2.05) is 30.5 Å². The Bertz CT molecular complexity index is 1110. The van der Waals surface area contributed by atoms with Crippen molar-refractivity contribution in [3.8, 4) is 11.5 Å². The summed E-state index contributed by atoms with van der Waals surface area (Å²) in [6.45, 7) is 1.72. The Morgan fingerprint density at radius 2 is 2.07 bits per heavy atom. The van der Waals surface area contributed by atoms with Gasteiger partial charge in [0.15, 0.2) is 0 Å². The van der Waals surface area contributed by atoms with Crippen molar-refractivity contribution in [2.24, 2.45) is 0 Å². The summed E-state index contributed by atoms with van der Waals surface area (Å²) < 4.78 is 18.9. The van der Waals surface area contributed by atoms with E-state index in [4.69, 9.17) is 4.42 Å². The predicted molar refractivity (Wildman–Crippen MR) is 102 cm³/mol. The van der Waals surface area contributed by atoms with Crippen molar-refractivity contribution in [1.82, 2.24) is 15.2 Å². The van der Waals surface area contributed by atoms with Gasteiger partial charge in [0.2, 0.25) is 5.91 Å². The standard InChI is InChI=1S/C19H15FN4O2S/c1-11(17(25)22-13-6-4-5-12(20)9-13)27-19-24-23-18(26-19)15-10-21-16-8-3-2-7-14(15)16/h2-11,21H,1H3,(H,22,25)/t11-/m0/s1. The van der Waals surface area contributed by atoms with Crippen LogP contribution in [0.25, 0.3) is 22.4 Å². The number of nitrogens with one attached hydrogen (secondary N) is 2. The van der Waals surface area contributed by atoms with Crippen molar-refractivity contribution in [3.05, 3.63) is 60.5 Å². The van der Waals surface area contributed by atoms with Crippen LogP contribution >= 0.6 is 11.8 Å². The van der Waals surface area contributed by atoms with Gasteiger partial charge in [0.05, 0.1) is 10.8 Å². The highest BCUT2D eigenvalue weighted by Gasteiger charge is 2.20. The molecule has 0 aliphatic heterocycles. The molecule has 0 radical (unpaired) electrons. The number of para-hydroxylation sites is 1. The summed E-state index contributed by atoms with van der Waals surface area (Å²) in [5.41, 5.74) is 2.18. The SMILES string of the molecule is C[C@H](Sc1nnc(-c2c[nH]c3ccccc23)o1)C(=O)Nc1cccc(F)c1. The van der Waals surface area contributed by atoms with Crippen LogP contribution in [0.2, 0.25) is 0 Å². The number of carbonyl (C=O) groups is 1. The van der Waals surface area contributed by atoms with E-state index in [2.05, 4.69) is 20.5 Å². The highest BCUT2D eigenvalue weighted by molar-refractivity contribution is 8.00. The number of nitrogens with zero attached hydrogens (tertiary/aromatic N) is 2. The van der Waals surface area contributed by atoms with E-state index in [1.165, 1.54) is 18.2 Å². The van der Waals surface area contributed by atoms with Crippen LogP contribution in [-0.4, -0.2) is 26.3 Å². The largest absolute Gasteiger partial charge is 0.411 e. The average Bonchev–Trinajstić information content (AvgIpc) is 3.28. The lowest BCUT2D eigenvalue weighted by molar-refractivity contribution is -0.115. The first-order chi connectivity index (χ1) is 13.1. The Balaban J connectivity index is 1.46. The first-order valence-electron chi connectivity index (χ1n) is 8.23. The number of rotatable bonds is 5. The Morgan fingerprint density at radius 1 is 1.22 bits per heavy atom. The van der Waals surface area contributed by atoms with E-state index in [-0.39, 0.29) is 11.1 Å². The first kappa shape index (κ1) is 17.3. The average molecular weight is 382 g/mol. The summed E-state index contributed by atoms with van der Waals surface area (Å²) in [4.78, 5) is 15.4. The molecule has 0 aliphatic rings. The molecule has 6 nitrogen and oxygen atoms in total. The molecule has 0 bridgehead atoms. The summed E-state index contributed by atoms with van der Waals surface area (Å²) >= 11 is 1.14. The number of carbonyl (C=O) groups excluding carboxylic acids is 1. The molecular formula is C19H15FN4O2S. The second-order valence-electron chi connectivity index (χ2n) is 5.88. The van der Waals surface area contributed by atoms with Gasteiger partial charge in [-0.15, -0.1) is 10.2 Å². The molecule has 2 N–H and O–H groups in total. The number of aromatic nitrogens is 3. The summed E-state index contributed by atoms with van der Waals surface area (Å²) in [7, 11) is 0. The molecule has 2 aromatic carbocycles. The van der Waals surface area contributed by atoms with Crippen molar-refractivity contribution < 1.29 is 13.6 Å². The minimum absolute atomic E-state index is 0.280. The number of halogens is 1. The zero-order valence-corrected chi connectivity index (χ0v) is 15.1. The number of hydrogen-bond acceptors (Lipinski definition) is 5. The van der Waals surface area contributed by atoms with Gasteiger partial charge >= 0.3 is 0 Å². The number of H-pyrrole nitrogens is 1. The van der Waals surface area contributed by atoms with Gasteiger partial charge in [-0.1, -0.05) is 36.0 Å². The third-order valence-corrected chi connectivity index (χ3v) is 4.90. The first-order valence-corrected chi connectivity index (χ1v) is 9.11. The zero-order valence-electron chi connectivity index (χ0n) is 14.3. The molecule has 0 unspecified atom stereocenters. The number of anilines is 1. The van der Waals surface area contributed by atoms with Crippen LogP contribution in [0.1, 0.15) is 6.92 Å².